The maximum atomic E-state index is 12.7. The molecular formula is C15H20ClF3N2OS. The topological polar surface area (TPSA) is 42.0 Å². The third-order valence-electron chi connectivity index (χ3n) is 4.10. The molecule has 1 aromatic rings. The van der Waals surface area contributed by atoms with Crippen LogP contribution >= 0.6 is 11.6 Å². The molecule has 0 saturated heterocycles. The standard InChI is InChI=1S/C15H20ClF3N2OS/c1-9(21-23(22)13(2,3)4)14(5-6-14)12-11(16)7-10(8-20-12)15(17,18)19/h7-9,21H,5-6H2,1-4H3. The van der Waals surface area contributed by atoms with Crippen LogP contribution in [-0.2, 0) is 22.6 Å². The lowest BCUT2D eigenvalue weighted by Gasteiger charge is -2.28. The molecule has 0 bridgehead atoms. The van der Waals surface area contributed by atoms with Gasteiger partial charge in [0.2, 0.25) is 0 Å². The summed E-state index contributed by atoms with van der Waals surface area (Å²) in [7, 11) is -1.27. The highest BCUT2D eigenvalue weighted by molar-refractivity contribution is 7.84. The number of alkyl halides is 3. The van der Waals surface area contributed by atoms with Gasteiger partial charge in [0.05, 0.1) is 32.0 Å². The Kier molecular flexibility index (Phi) is 4.88. The Morgan fingerprint density at radius 3 is 2.30 bits per heavy atom. The fourth-order valence-electron chi connectivity index (χ4n) is 2.42. The zero-order chi connectivity index (χ0) is 17.6. The Balaban J connectivity index is 2.26. The summed E-state index contributed by atoms with van der Waals surface area (Å²) in [4.78, 5) is 3.98. The second-order valence-corrected chi connectivity index (χ2v) is 9.33. The Bertz CT molecular complexity index is 624. The van der Waals surface area contributed by atoms with Crippen LogP contribution in [-0.4, -0.2) is 20.0 Å². The van der Waals surface area contributed by atoms with E-state index in [-0.39, 0.29) is 11.1 Å². The summed E-state index contributed by atoms with van der Waals surface area (Å²) in [5.74, 6) is 0. The summed E-state index contributed by atoms with van der Waals surface area (Å²) in [5, 5.41) is 0.00696. The van der Waals surface area contributed by atoms with Gasteiger partial charge in [-0.15, -0.1) is 0 Å². The van der Waals surface area contributed by atoms with Gasteiger partial charge in [0, 0.05) is 17.7 Å². The van der Waals surface area contributed by atoms with Crippen LogP contribution < -0.4 is 4.72 Å². The van der Waals surface area contributed by atoms with Crippen molar-refractivity contribution in [2.75, 3.05) is 0 Å². The second kappa shape index (κ2) is 6.01. The van der Waals surface area contributed by atoms with Gasteiger partial charge < -0.3 is 0 Å². The average molecular weight is 369 g/mol. The van der Waals surface area contributed by atoms with Crippen molar-refractivity contribution in [3.63, 3.8) is 0 Å². The van der Waals surface area contributed by atoms with E-state index < -0.39 is 32.9 Å². The molecule has 1 heterocycles. The summed E-state index contributed by atoms with van der Waals surface area (Å²) < 4.78 is 53.0. The first-order valence-electron chi connectivity index (χ1n) is 7.29. The molecule has 1 aliphatic carbocycles. The van der Waals surface area contributed by atoms with Crippen molar-refractivity contribution >= 4 is 22.6 Å². The van der Waals surface area contributed by atoms with Gasteiger partial charge in [-0.3, -0.25) is 4.98 Å². The number of hydrogen-bond acceptors (Lipinski definition) is 2. The van der Waals surface area contributed by atoms with E-state index in [1.165, 1.54) is 0 Å². The van der Waals surface area contributed by atoms with Gasteiger partial charge in [-0.05, 0) is 46.6 Å². The van der Waals surface area contributed by atoms with Gasteiger partial charge >= 0.3 is 6.18 Å². The number of hydrogen-bond donors (Lipinski definition) is 1. The van der Waals surface area contributed by atoms with Crippen molar-refractivity contribution in [1.29, 1.82) is 0 Å². The summed E-state index contributed by atoms with van der Waals surface area (Å²) in [6.07, 6.45) is -2.15. The van der Waals surface area contributed by atoms with E-state index in [2.05, 4.69) is 9.71 Å². The van der Waals surface area contributed by atoms with E-state index in [0.29, 0.717) is 5.69 Å². The molecule has 3 nitrogen and oxygen atoms in total. The lowest BCUT2D eigenvalue weighted by Crippen LogP contribution is -2.44. The molecule has 0 amide bonds. The van der Waals surface area contributed by atoms with E-state index in [0.717, 1.165) is 25.1 Å². The van der Waals surface area contributed by atoms with Gasteiger partial charge in [-0.1, -0.05) is 11.6 Å². The van der Waals surface area contributed by atoms with E-state index in [4.69, 9.17) is 11.6 Å². The lowest BCUT2D eigenvalue weighted by atomic mass is 9.93. The predicted molar refractivity (Wildman–Crippen MR) is 85.7 cm³/mol. The van der Waals surface area contributed by atoms with Crippen molar-refractivity contribution in [2.45, 2.75) is 62.9 Å². The fraction of sp³-hybridized carbons (Fsp3) is 0.667. The van der Waals surface area contributed by atoms with E-state index >= 15 is 0 Å². The summed E-state index contributed by atoms with van der Waals surface area (Å²) in [6.45, 7) is 7.43. The molecule has 23 heavy (non-hydrogen) atoms. The molecule has 130 valence electrons. The lowest BCUT2D eigenvalue weighted by molar-refractivity contribution is -0.137. The molecule has 8 heteroatoms. The molecule has 0 aromatic carbocycles. The summed E-state index contributed by atoms with van der Waals surface area (Å²) >= 11 is 6.06. The van der Waals surface area contributed by atoms with Crippen LogP contribution in [0.1, 0.15) is 51.8 Å². The van der Waals surface area contributed by atoms with Gasteiger partial charge in [0.1, 0.15) is 0 Å². The highest BCUT2D eigenvalue weighted by Crippen LogP contribution is 2.52. The monoisotopic (exact) mass is 368 g/mol. The van der Waals surface area contributed by atoms with Crippen molar-refractivity contribution < 1.29 is 17.4 Å². The molecule has 1 N–H and O–H groups in total. The minimum Gasteiger partial charge on any atom is -0.258 e. The molecule has 0 aliphatic heterocycles. The SMILES string of the molecule is CC(NS(=O)C(C)(C)C)C1(c2ncc(C(F)(F)F)cc2Cl)CC1. The van der Waals surface area contributed by atoms with Crippen LogP contribution in [0, 0.1) is 0 Å². The molecule has 1 saturated carbocycles. The molecule has 2 rings (SSSR count). The Labute approximate surface area is 141 Å². The van der Waals surface area contributed by atoms with Gasteiger partial charge in [-0.2, -0.15) is 13.2 Å². The third-order valence-corrected chi connectivity index (χ3v) is 6.07. The first kappa shape index (κ1) is 18.7. The highest BCUT2D eigenvalue weighted by atomic mass is 35.5. The molecule has 1 aliphatic rings. The smallest absolute Gasteiger partial charge is 0.258 e. The molecule has 1 fully saturated rings. The van der Waals surface area contributed by atoms with Gasteiger partial charge in [0.25, 0.3) is 0 Å². The largest absolute Gasteiger partial charge is 0.417 e. The second-order valence-electron chi connectivity index (χ2n) is 6.93. The van der Waals surface area contributed by atoms with Gasteiger partial charge in [-0.25, -0.2) is 8.93 Å². The van der Waals surface area contributed by atoms with E-state index in [9.17, 15) is 17.4 Å². The van der Waals surface area contributed by atoms with E-state index in [1.54, 1.807) is 0 Å². The maximum absolute atomic E-state index is 12.7. The quantitative estimate of drug-likeness (QED) is 0.864. The van der Waals surface area contributed by atoms with Crippen LogP contribution in [0.25, 0.3) is 0 Å². The first-order chi connectivity index (χ1) is 10.4. The van der Waals surface area contributed by atoms with Crippen LogP contribution in [0.3, 0.4) is 0 Å². The van der Waals surface area contributed by atoms with Crippen molar-refractivity contribution in [1.82, 2.24) is 9.71 Å². The molecule has 0 radical (unpaired) electrons. The number of rotatable bonds is 4. The number of pyridine rings is 1. The third kappa shape index (κ3) is 3.88. The zero-order valence-electron chi connectivity index (χ0n) is 13.4. The van der Waals surface area contributed by atoms with Crippen LogP contribution in [0.4, 0.5) is 13.2 Å². The Hall–Kier alpha value is -0.660. The zero-order valence-corrected chi connectivity index (χ0v) is 15.0. The molecule has 2 atom stereocenters. The number of nitrogens with zero attached hydrogens (tertiary/aromatic N) is 1. The van der Waals surface area contributed by atoms with E-state index in [1.807, 2.05) is 27.7 Å². The van der Waals surface area contributed by atoms with Crippen molar-refractivity contribution in [2.24, 2.45) is 0 Å². The summed E-state index contributed by atoms with van der Waals surface area (Å²) in [6, 6.07) is 0.710. The van der Waals surface area contributed by atoms with Crippen molar-refractivity contribution in [3.8, 4) is 0 Å². The number of halogens is 4. The van der Waals surface area contributed by atoms with Crippen LogP contribution in [0.15, 0.2) is 12.3 Å². The number of nitrogens with one attached hydrogen (secondary N) is 1. The normalized spacial score (nSPS) is 20.2. The summed E-state index contributed by atoms with van der Waals surface area (Å²) in [5.41, 5.74) is -0.874. The van der Waals surface area contributed by atoms with Crippen LogP contribution in [0.2, 0.25) is 5.02 Å². The molecular weight excluding hydrogens is 349 g/mol. The molecule has 1 aromatic heterocycles. The molecule has 0 spiro atoms. The van der Waals surface area contributed by atoms with Crippen molar-refractivity contribution in [3.05, 3.63) is 28.5 Å². The average Bonchev–Trinajstić information content (AvgIpc) is 3.17. The molecule has 2 unspecified atom stereocenters. The van der Waals surface area contributed by atoms with Crippen LogP contribution in [0.5, 0.6) is 0 Å². The first-order valence-corrected chi connectivity index (χ1v) is 8.82. The predicted octanol–water partition coefficient (Wildman–Crippen LogP) is 4.23. The number of aromatic nitrogens is 1. The Morgan fingerprint density at radius 2 is 1.91 bits per heavy atom. The van der Waals surface area contributed by atoms with Gasteiger partial charge in [0.15, 0.2) is 0 Å². The minimum atomic E-state index is -4.47. The fourth-order valence-corrected chi connectivity index (χ4v) is 3.67. The minimum absolute atomic E-state index is 0.00696. The Morgan fingerprint density at radius 1 is 1.35 bits per heavy atom. The maximum Gasteiger partial charge on any atom is 0.417 e. The highest BCUT2D eigenvalue weighted by Gasteiger charge is 2.52.